The van der Waals surface area contributed by atoms with Gasteiger partial charge in [0.2, 0.25) is 9.84 Å². The SMILES string of the molecule is N#CC1=CC[C@]23CCCC[C@]12C=C(S(=O)(=O)c1ccc(Cl)cc1)C3. The van der Waals surface area contributed by atoms with Gasteiger partial charge in [-0.15, -0.1) is 0 Å². The molecule has 1 saturated carbocycles. The fourth-order valence-corrected chi connectivity index (χ4v) is 6.65. The molecule has 2 atom stereocenters. The zero-order valence-corrected chi connectivity index (χ0v) is 14.8. The third-order valence-corrected chi connectivity index (χ3v) is 8.21. The Labute approximate surface area is 147 Å². The summed E-state index contributed by atoms with van der Waals surface area (Å²) in [6.45, 7) is 0. The van der Waals surface area contributed by atoms with E-state index in [9.17, 15) is 13.7 Å². The summed E-state index contributed by atoms with van der Waals surface area (Å²) in [4.78, 5) is 0.762. The zero-order valence-electron chi connectivity index (χ0n) is 13.3. The topological polar surface area (TPSA) is 57.9 Å². The maximum atomic E-state index is 13.1. The number of halogens is 1. The zero-order chi connectivity index (χ0) is 17.0. The third-order valence-electron chi connectivity index (χ3n) is 6.11. The highest BCUT2D eigenvalue weighted by Gasteiger charge is 2.60. The normalized spacial score (nSPS) is 31.7. The van der Waals surface area contributed by atoms with Crippen molar-refractivity contribution in [1.29, 1.82) is 5.26 Å². The Morgan fingerprint density at radius 2 is 1.83 bits per heavy atom. The van der Waals surface area contributed by atoms with E-state index in [1.165, 1.54) is 0 Å². The van der Waals surface area contributed by atoms with Gasteiger partial charge in [0.25, 0.3) is 0 Å². The van der Waals surface area contributed by atoms with E-state index in [1.54, 1.807) is 24.3 Å². The van der Waals surface area contributed by atoms with E-state index < -0.39 is 9.84 Å². The van der Waals surface area contributed by atoms with Crippen molar-refractivity contribution in [2.24, 2.45) is 10.8 Å². The van der Waals surface area contributed by atoms with Crippen molar-refractivity contribution >= 4 is 21.4 Å². The van der Waals surface area contributed by atoms with E-state index in [-0.39, 0.29) is 15.7 Å². The largest absolute Gasteiger partial charge is 0.219 e. The number of sulfone groups is 1. The van der Waals surface area contributed by atoms with Crippen LogP contribution in [0.1, 0.15) is 38.5 Å². The standard InChI is InChI=1S/C19H18ClNO2S/c20-15-3-5-16(6-4-15)24(22,23)17-11-18-8-1-2-9-19(18,12-17)14(13-21)7-10-18/h3-7,12H,1-2,8-11H2/t18-,19-/m0/s1. The quantitative estimate of drug-likeness (QED) is 0.761. The number of benzene rings is 1. The molecule has 5 heteroatoms. The molecule has 4 rings (SSSR count). The number of rotatable bonds is 2. The third kappa shape index (κ3) is 1.98. The van der Waals surface area contributed by atoms with Crippen molar-refractivity contribution in [1.82, 2.24) is 0 Å². The average Bonchev–Trinajstić information content (AvgIpc) is 3.07. The van der Waals surface area contributed by atoms with Gasteiger partial charge >= 0.3 is 0 Å². The first-order chi connectivity index (χ1) is 11.4. The summed E-state index contributed by atoms with van der Waals surface area (Å²) < 4.78 is 26.2. The molecule has 1 aromatic rings. The maximum Gasteiger partial charge on any atom is 0.202 e. The Morgan fingerprint density at radius 3 is 2.54 bits per heavy atom. The van der Waals surface area contributed by atoms with E-state index in [4.69, 9.17) is 11.6 Å². The number of allylic oxidation sites excluding steroid dienone is 4. The Bertz CT molecular complexity index is 908. The molecule has 0 spiro atoms. The smallest absolute Gasteiger partial charge is 0.202 e. The highest BCUT2D eigenvalue weighted by Crippen LogP contribution is 2.68. The molecule has 0 N–H and O–H groups in total. The van der Waals surface area contributed by atoms with Crippen LogP contribution in [0.5, 0.6) is 0 Å². The minimum absolute atomic E-state index is 0.106. The first kappa shape index (κ1) is 15.9. The minimum atomic E-state index is -3.53. The van der Waals surface area contributed by atoms with Crippen LogP contribution in [0.2, 0.25) is 5.02 Å². The Kier molecular flexibility index (Phi) is 3.46. The molecular formula is C19H18ClNO2S. The van der Waals surface area contributed by atoms with E-state index in [2.05, 4.69) is 6.07 Å². The van der Waals surface area contributed by atoms with Crippen LogP contribution in [0, 0.1) is 22.2 Å². The van der Waals surface area contributed by atoms with Gasteiger partial charge < -0.3 is 0 Å². The van der Waals surface area contributed by atoms with Crippen LogP contribution in [0.15, 0.2) is 51.8 Å². The summed E-state index contributed by atoms with van der Waals surface area (Å²) in [6.07, 6.45) is 9.33. The van der Waals surface area contributed by atoms with Crippen molar-refractivity contribution in [3.8, 4) is 6.07 Å². The highest BCUT2D eigenvalue weighted by molar-refractivity contribution is 7.95. The lowest BCUT2D eigenvalue weighted by Crippen LogP contribution is -2.38. The molecule has 0 heterocycles. The van der Waals surface area contributed by atoms with Gasteiger partial charge in [0.15, 0.2) is 0 Å². The molecule has 0 amide bonds. The van der Waals surface area contributed by atoms with Crippen LogP contribution >= 0.6 is 11.6 Å². The van der Waals surface area contributed by atoms with Crippen molar-refractivity contribution in [3.05, 3.63) is 51.9 Å². The molecule has 0 radical (unpaired) electrons. The monoisotopic (exact) mass is 359 g/mol. The van der Waals surface area contributed by atoms with E-state index >= 15 is 0 Å². The molecule has 24 heavy (non-hydrogen) atoms. The van der Waals surface area contributed by atoms with Gasteiger partial charge in [-0.25, -0.2) is 8.42 Å². The molecule has 1 aromatic carbocycles. The molecule has 0 saturated heterocycles. The second-order valence-corrected chi connectivity index (χ2v) is 9.58. The predicted molar refractivity (Wildman–Crippen MR) is 93.0 cm³/mol. The Morgan fingerprint density at radius 1 is 1.12 bits per heavy atom. The van der Waals surface area contributed by atoms with E-state index in [0.29, 0.717) is 16.3 Å². The molecule has 0 aromatic heterocycles. The molecule has 3 aliphatic rings. The Hall–Kier alpha value is -1.57. The van der Waals surface area contributed by atoms with Gasteiger partial charge in [-0.2, -0.15) is 5.26 Å². The van der Waals surface area contributed by atoms with Crippen molar-refractivity contribution in [2.75, 3.05) is 0 Å². The number of nitrogens with zero attached hydrogens (tertiary/aromatic N) is 1. The first-order valence-corrected chi connectivity index (χ1v) is 10.1. The maximum absolute atomic E-state index is 13.1. The highest BCUT2D eigenvalue weighted by atomic mass is 35.5. The summed E-state index contributed by atoms with van der Waals surface area (Å²) in [7, 11) is -3.53. The summed E-state index contributed by atoms with van der Waals surface area (Å²) >= 11 is 5.88. The van der Waals surface area contributed by atoms with Gasteiger partial charge in [-0.1, -0.05) is 36.6 Å². The van der Waals surface area contributed by atoms with Crippen molar-refractivity contribution in [3.63, 3.8) is 0 Å². The molecule has 1 fully saturated rings. The van der Waals surface area contributed by atoms with Gasteiger partial charge in [0.1, 0.15) is 0 Å². The van der Waals surface area contributed by atoms with Gasteiger partial charge in [-0.3, -0.25) is 0 Å². The fraction of sp³-hybridized carbons (Fsp3) is 0.421. The lowest BCUT2D eigenvalue weighted by Gasteiger charge is -2.45. The van der Waals surface area contributed by atoms with Gasteiger partial charge in [0.05, 0.1) is 11.0 Å². The summed E-state index contributed by atoms with van der Waals surface area (Å²) in [5.74, 6) is 0. The van der Waals surface area contributed by atoms with Crippen LogP contribution in [0.25, 0.3) is 0 Å². The lowest BCUT2D eigenvalue weighted by molar-refractivity contribution is 0.0973. The molecular weight excluding hydrogens is 342 g/mol. The Balaban J connectivity index is 1.82. The fourth-order valence-electron chi connectivity index (χ4n) is 4.90. The predicted octanol–water partition coefficient (Wildman–Crippen LogP) is 4.80. The van der Waals surface area contributed by atoms with Gasteiger partial charge in [0, 0.05) is 20.9 Å². The summed E-state index contributed by atoms with van der Waals surface area (Å²) in [6, 6.07) is 8.68. The summed E-state index contributed by atoms with van der Waals surface area (Å²) in [5, 5.41) is 10.1. The number of hydrogen-bond donors (Lipinski definition) is 0. The minimum Gasteiger partial charge on any atom is -0.219 e. The molecule has 0 aliphatic heterocycles. The second-order valence-electron chi connectivity index (χ2n) is 7.14. The van der Waals surface area contributed by atoms with Crippen LogP contribution in [-0.2, 0) is 9.84 Å². The van der Waals surface area contributed by atoms with Crippen molar-refractivity contribution < 1.29 is 8.42 Å². The first-order valence-electron chi connectivity index (χ1n) is 8.27. The van der Waals surface area contributed by atoms with Gasteiger partial charge in [-0.05, 0) is 55.4 Å². The average molecular weight is 360 g/mol. The van der Waals surface area contributed by atoms with Crippen molar-refractivity contribution in [2.45, 2.75) is 43.4 Å². The van der Waals surface area contributed by atoms with Crippen LogP contribution in [0.4, 0.5) is 0 Å². The van der Waals surface area contributed by atoms with Crippen LogP contribution < -0.4 is 0 Å². The number of nitriles is 1. The van der Waals surface area contributed by atoms with Crippen LogP contribution in [0.3, 0.4) is 0 Å². The molecule has 0 unspecified atom stereocenters. The van der Waals surface area contributed by atoms with E-state index in [1.807, 2.05) is 12.2 Å². The number of hydrogen-bond acceptors (Lipinski definition) is 3. The molecule has 124 valence electrons. The molecule has 0 bridgehead atoms. The van der Waals surface area contributed by atoms with Crippen LogP contribution in [-0.4, -0.2) is 8.42 Å². The molecule has 3 aliphatic carbocycles. The van der Waals surface area contributed by atoms with E-state index in [0.717, 1.165) is 37.7 Å². The second kappa shape index (κ2) is 5.21. The lowest BCUT2D eigenvalue weighted by atomic mass is 9.57. The molecule has 3 nitrogen and oxygen atoms in total. The summed E-state index contributed by atoms with van der Waals surface area (Å²) in [5.41, 5.74) is 0.295.